The lowest BCUT2D eigenvalue weighted by molar-refractivity contribution is 0.567. The van der Waals surface area contributed by atoms with Crippen molar-refractivity contribution < 1.29 is 0 Å². The Morgan fingerprint density at radius 2 is 1.85 bits per heavy atom. The molecular weight excluding hydrogens is 248 g/mol. The van der Waals surface area contributed by atoms with E-state index >= 15 is 0 Å². The second-order valence-corrected chi connectivity index (χ2v) is 5.62. The van der Waals surface area contributed by atoms with Gasteiger partial charge in [0.15, 0.2) is 3.92 Å². The Bertz CT molecular complexity index is 266. The molecule has 1 aromatic rings. The summed E-state index contributed by atoms with van der Waals surface area (Å²) >= 11 is 4.82. The third-order valence-electron chi connectivity index (χ3n) is 2.64. The van der Waals surface area contributed by atoms with E-state index < -0.39 is 0 Å². The highest BCUT2D eigenvalue weighted by atomic mass is 79.9. The Labute approximate surface area is 91.1 Å². The number of hydrogen-bond donors (Lipinski definition) is 0. The fourth-order valence-electron chi connectivity index (χ4n) is 1.92. The molecule has 0 radical (unpaired) electrons. The first-order chi connectivity index (χ1) is 6.36. The highest BCUT2D eigenvalue weighted by molar-refractivity contribution is 9.11. The van der Waals surface area contributed by atoms with Crippen molar-refractivity contribution in [1.29, 1.82) is 0 Å². The minimum absolute atomic E-state index is 0.630. The Morgan fingerprint density at radius 3 is 2.38 bits per heavy atom. The van der Waals surface area contributed by atoms with Crippen LogP contribution in [0.4, 0.5) is 0 Å². The summed E-state index contributed by atoms with van der Waals surface area (Å²) in [5.74, 6) is 1.70. The van der Waals surface area contributed by atoms with E-state index in [0.29, 0.717) is 5.92 Å². The molecule has 13 heavy (non-hydrogen) atoms. The molecule has 2 nitrogen and oxygen atoms in total. The fourth-order valence-corrected chi connectivity index (χ4v) is 2.81. The molecule has 1 heterocycles. The van der Waals surface area contributed by atoms with Crippen LogP contribution in [-0.2, 0) is 0 Å². The lowest BCUT2D eigenvalue weighted by atomic mass is 10.00. The van der Waals surface area contributed by atoms with E-state index in [1.807, 2.05) is 0 Å². The monoisotopic (exact) mass is 260 g/mol. The van der Waals surface area contributed by atoms with Gasteiger partial charge >= 0.3 is 0 Å². The molecule has 0 spiro atoms. The van der Waals surface area contributed by atoms with Crippen LogP contribution in [0.3, 0.4) is 0 Å². The van der Waals surface area contributed by atoms with Crippen LogP contribution in [0.2, 0.25) is 0 Å². The molecule has 1 saturated carbocycles. The minimum atomic E-state index is 0.630. The van der Waals surface area contributed by atoms with Crippen molar-refractivity contribution in [2.24, 2.45) is 0 Å². The summed E-state index contributed by atoms with van der Waals surface area (Å²) in [7, 11) is 0. The number of nitrogens with zero attached hydrogens (tertiary/aromatic N) is 2. The van der Waals surface area contributed by atoms with Gasteiger partial charge in [-0.25, -0.2) is 4.98 Å². The molecule has 0 unspecified atom stereocenters. The van der Waals surface area contributed by atoms with Gasteiger partial charge in [0.2, 0.25) is 0 Å². The van der Waals surface area contributed by atoms with Gasteiger partial charge in [-0.3, -0.25) is 0 Å². The molecule has 1 fully saturated rings. The maximum absolute atomic E-state index is 4.40. The summed E-state index contributed by atoms with van der Waals surface area (Å²) in [5.41, 5.74) is 0. The van der Waals surface area contributed by atoms with Gasteiger partial charge in [0.1, 0.15) is 5.82 Å². The van der Waals surface area contributed by atoms with E-state index in [4.69, 9.17) is 0 Å². The minimum Gasteiger partial charge on any atom is -0.212 e. The van der Waals surface area contributed by atoms with E-state index in [1.54, 1.807) is 0 Å². The molecule has 0 atom stereocenters. The maximum Gasteiger partial charge on any atom is 0.179 e. The zero-order valence-electron chi connectivity index (χ0n) is 7.50. The molecule has 0 aliphatic heterocycles. The fraction of sp³-hybridized carbons (Fsp3) is 0.778. The summed E-state index contributed by atoms with van der Waals surface area (Å²) in [4.78, 5) is 4.40. The predicted octanol–water partition coefficient (Wildman–Crippen LogP) is 3.74. The van der Waals surface area contributed by atoms with Gasteiger partial charge in [-0.05, 0) is 40.3 Å². The first-order valence-electron chi connectivity index (χ1n) is 4.85. The molecule has 0 aromatic carbocycles. The summed E-state index contributed by atoms with van der Waals surface area (Å²) < 4.78 is 5.29. The van der Waals surface area contributed by atoms with Crippen LogP contribution in [0.15, 0.2) is 3.92 Å². The zero-order chi connectivity index (χ0) is 9.10. The van der Waals surface area contributed by atoms with Crippen molar-refractivity contribution in [3.8, 4) is 0 Å². The Morgan fingerprint density at radius 1 is 1.15 bits per heavy atom. The molecule has 72 valence electrons. The zero-order valence-corrected chi connectivity index (χ0v) is 9.90. The van der Waals surface area contributed by atoms with Crippen molar-refractivity contribution >= 4 is 27.5 Å². The van der Waals surface area contributed by atoms with Gasteiger partial charge < -0.3 is 0 Å². The predicted molar refractivity (Wildman–Crippen MR) is 58.1 cm³/mol. The largest absolute Gasteiger partial charge is 0.212 e. The molecule has 1 aromatic heterocycles. The van der Waals surface area contributed by atoms with E-state index in [2.05, 4.69) is 25.3 Å². The third-order valence-corrected chi connectivity index (χ3v) is 3.77. The van der Waals surface area contributed by atoms with E-state index in [9.17, 15) is 0 Å². The first kappa shape index (κ1) is 9.59. The average molecular weight is 261 g/mol. The van der Waals surface area contributed by atoms with Gasteiger partial charge in [-0.1, -0.05) is 25.7 Å². The van der Waals surface area contributed by atoms with Crippen LogP contribution < -0.4 is 0 Å². The maximum atomic E-state index is 4.40. The van der Waals surface area contributed by atoms with Crippen LogP contribution in [0.1, 0.15) is 50.3 Å². The average Bonchev–Trinajstić information content (AvgIpc) is 2.43. The van der Waals surface area contributed by atoms with Gasteiger partial charge in [0.25, 0.3) is 0 Å². The van der Waals surface area contributed by atoms with E-state index in [0.717, 1.165) is 9.74 Å². The number of rotatable bonds is 1. The van der Waals surface area contributed by atoms with Crippen molar-refractivity contribution in [2.45, 2.75) is 44.4 Å². The second kappa shape index (κ2) is 4.51. The molecule has 4 heteroatoms. The SMILES string of the molecule is Brc1nc(C2CCCCCC2)ns1. The van der Waals surface area contributed by atoms with Crippen LogP contribution in [0.25, 0.3) is 0 Å². The molecule has 0 saturated heterocycles. The van der Waals surface area contributed by atoms with Crippen molar-refractivity contribution in [3.05, 3.63) is 9.74 Å². The van der Waals surface area contributed by atoms with Crippen LogP contribution in [-0.4, -0.2) is 9.36 Å². The lowest BCUT2D eigenvalue weighted by Gasteiger charge is -2.08. The van der Waals surface area contributed by atoms with Crippen molar-refractivity contribution in [3.63, 3.8) is 0 Å². The van der Waals surface area contributed by atoms with Gasteiger partial charge in [-0.15, -0.1) is 0 Å². The molecular formula is C9H13BrN2S. The Kier molecular flexibility index (Phi) is 3.33. The normalized spacial score (nSPS) is 20.1. The van der Waals surface area contributed by atoms with Gasteiger partial charge in [0, 0.05) is 5.92 Å². The number of halogens is 1. The standard InChI is InChI=1S/C9H13BrN2S/c10-9-11-8(12-13-9)7-5-3-1-2-4-6-7/h7H,1-6H2. The number of hydrogen-bond acceptors (Lipinski definition) is 3. The third kappa shape index (κ3) is 2.50. The van der Waals surface area contributed by atoms with E-state index in [1.165, 1.54) is 50.1 Å². The van der Waals surface area contributed by atoms with Gasteiger partial charge in [-0.2, -0.15) is 4.37 Å². The Hall–Kier alpha value is 0.0400. The van der Waals surface area contributed by atoms with Crippen molar-refractivity contribution in [2.75, 3.05) is 0 Å². The lowest BCUT2D eigenvalue weighted by Crippen LogP contribution is -1.99. The second-order valence-electron chi connectivity index (χ2n) is 3.59. The first-order valence-corrected chi connectivity index (χ1v) is 6.42. The summed E-state index contributed by atoms with van der Waals surface area (Å²) in [6.45, 7) is 0. The van der Waals surface area contributed by atoms with Crippen LogP contribution in [0, 0.1) is 0 Å². The van der Waals surface area contributed by atoms with Crippen LogP contribution in [0.5, 0.6) is 0 Å². The molecule has 0 N–H and O–H groups in total. The smallest absolute Gasteiger partial charge is 0.179 e. The quantitative estimate of drug-likeness (QED) is 0.720. The van der Waals surface area contributed by atoms with Crippen LogP contribution >= 0.6 is 27.5 Å². The highest BCUT2D eigenvalue weighted by Crippen LogP contribution is 2.31. The molecule has 1 aliphatic rings. The van der Waals surface area contributed by atoms with Gasteiger partial charge in [0.05, 0.1) is 0 Å². The highest BCUT2D eigenvalue weighted by Gasteiger charge is 2.18. The molecule has 1 aliphatic carbocycles. The van der Waals surface area contributed by atoms with Crippen molar-refractivity contribution in [1.82, 2.24) is 9.36 Å². The molecule has 2 rings (SSSR count). The molecule has 0 amide bonds. The number of aromatic nitrogens is 2. The topological polar surface area (TPSA) is 25.8 Å². The van der Waals surface area contributed by atoms with E-state index in [-0.39, 0.29) is 0 Å². The Balaban J connectivity index is 2.06. The summed E-state index contributed by atoms with van der Waals surface area (Å²) in [6, 6.07) is 0. The summed E-state index contributed by atoms with van der Waals surface area (Å²) in [5, 5.41) is 0. The summed E-state index contributed by atoms with van der Waals surface area (Å²) in [6.07, 6.45) is 8.04. The molecule has 0 bridgehead atoms.